The Labute approximate surface area is 153 Å². The molecule has 0 heterocycles. The molecule has 1 aliphatic carbocycles. The topological polar surface area (TPSA) is 0 Å². The van der Waals surface area contributed by atoms with Gasteiger partial charge < -0.3 is 0 Å². The Bertz CT molecular complexity index is 799. The lowest BCUT2D eigenvalue weighted by atomic mass is 9.78. The molecular weight excluding hydrogens is 333 g/mol. The lowest BCUT2D eigenvalue weighted by Crippen LogP contribution is -2.12. The second-order valence-electron chi connectivity index (χ2n) is 7.27. The first-order valence-corrected chi connectivity index (χ1v) is 9.40. The van der Waals surface area contributed by atoms with Gasteiger partial charge in [-0.3, -0.25) is 0 Å². The fourth-order valence-electron chi connectivity index (χ4n) is 3.75. The lowest BCUT2D eigenvalue weighted by molar-refractivity contribution is 0.376. The van der Waals surface area contributed by atoms with Crippen molar-refractivity contribution in [2.24, 2.45) is 5.92 Å². The molecule has 138 valence electrons. The number of hydrogen-bond acceptors (Lipinski definition) is 0. The Morgan fingerprint density at radius 1 is 0.962 bits per heavy atom. The van der Waals surface area contributed by atoms with E-state index in [9.17, 15) is 13.2 Å². The van der Waals surface area contributed by atoms with Crippen LogP contribution >= 0.6 is 0 Å². The van der Waals surface area contributed by atoms with E-state index >= 15 is 0 Å². The molecule has 1 fully saturated rings. The quantitative estimate of drug-likeness (QED) is 0.554. The zero-order valence-electron chi connectivity index (χ0n) is 15.4. The molecular formula is C23H25F3. The smallest absolute Gasteiger partial charge is 0.166 e. The highest BCUT2D eigenvalue weighted by Gasteiger charge is 2.21. The highest BCUT2D eigenvalue weighted by Crippen LogP contribution is 2.37. The molecule has 2 aromatic rings. The highest BCUT2D eigenvalue weighted by molar-refractivity contribution is 5.51. The van der Waals surface area contributed by atoms with Crippen LogP contribution in [0.15, 0.2) is 36.4 Å². The monoisotopic (exact) mass is 358 g/mol. The first-order valence-electron chi connectivity index (χ1n) is 9.40. The third-order valence-corrected chi connectivity index (χ3v) is 5.56. The zero-order chi connectivity index (χ0) is 18.7. The minimum Gasteiger partial charge on any atom is -0.207 e. The van der Waals surface area contributed by atoms with Gasteiger partial charge in [0.1, 0.15) is 5.82 Å². The van der Waals surface area contributed by atoms with Crippen LogP contribution < -0.4 is 0 Å². The van der Waals surface area contributed by atoms with E-state index in [0.29, 0.717) is 34.9 Å². The van der Waals surface area contributed by atoms with Crippen molar-refractivity contribution < 1.29 is 13.2 Å². The minimum atomic E-state index is -0.760. The summed E-state index contributed by atoms with van der Waals surface area (Å²) in [7, 11) is 0. The van der Waals surface area contributed by atoms with E-state index in [0.717, 1.165) is 31.2 Å². The predicted molar refractivity (Wildman–Crippen MR) is 101 cm³/mol. The van der Waals surface area contributed by atoms with Gasteiger partial charge in [0, 0.05) is 5.56 Å². The summed E-state index contributed by atoms with van der Waals surface area (Å²) >= 11 is 0. The van der Waals surface area contributed by atoms with Crippen molar-refractivity contribution in [3.05, 3.63) is 76.1 Å². The van der Waals surface area contributed by atoms with Crippen molar-refractivity contribution >= 4 is 6.08 Å². The van der Waals surface area contributed by atoms with Crippen LogP contribution in [-0.2, 0) is 6.42 Å². The second-order valence-corrected chi connectivity index (χ2v) is 7.27. The Balaban J connectivity index is 1.63. The number of halogens is 3. The Kier molecular flexibility index (Phi) is 5.85. The van der Waals surface area contributed by atoms with Gasteiger partial charge in [-0.05, 0) is 73.6 Å². The molecule has 0 nitrogen and oxygen atoms in total. The van der Waals surface area contributed by atoms with Gasteiger partial charge in [-0.2, -0.15) is 0 Å². The Morgan fingerprint density at radius 3 is 2.35 bits per heavy atom. The molecule has 0 saturated heterocycles. The van der Waals surface area contributed by atoms with E-state index in [-0.39, 0.29) is 5.82 Å². The van der Waals surface area contributed by atoms with Crippen LogP contribution in [0.4, 0.5) is 13.2 Å². The molecule has 0 radical (unpaired) electrons. The molecule has 2 aromatic carbocycles. The van der Waals surface area contributed by atoms with Gasteiger partial charge in [0.2, 0.25) is 0 Å². The van der Waals surface area contributed by atoms with Crippen LogP contribution in [0, 0.1) is 30.3 Å². The standard InChI is InChI=1S/C23H25F3/c1-3-17-12-13-19(23(26)22(17)25)11-7-16-5-9-18(10-6-16)20-8-4-15(2)21(24)14-20/h4,7-8,11-14,16,18H,3,5-6,9-10H2,1-2H3. The third-order valence-electron chi connectivity index (χ3n) is 5.56. The summed E-state index contributed by atoms with van der Waals surface area (Å²) in [6, 6.07) is 8.82. The van der Waals surface area contributed by atoms with Gasteiger partial charge >= 0.3 is 0 Å². The molecule has 0 amide bonds. The molecule has 0 spiro atoms. The van der Waals surface area contributed by atoms with Gasteiger partial charge in [-0.15, -0.1) is 0 Å². The van der Waals surface area contributed by atoms with E-state index in [4.69, 9.17) is 0 Å². The zero-order valence-corrected chi connectivity index (χ0v) is 15.4. The molecule has 0 aliphatic heterocycles. The van der Waals surface area contributed by atoms with Gasteiger partial charge in [0.15, 0.2) is 11.6 Å². The molecule has 3 rings (SSSR count). The third kappa shape index (κ3) is 4.03. The maximum atomic E-state index is 14.1. The number of benzene rings is 2. The van der Waals surface area contributed by atoms with Crippen molar-refractivity contribution in [3.8, 4) is 0 Å². The van der Waals surface area contributed by atoms with E-state index in [1.807, 2.05) is 25.1 Å². The van der Waals surface area contributed by atoms with Crippen LogP contribution in [0.25, 0.3) is 6.08 Å². The van der Waals surface area contributed by atoms with E-state index < -0.39 is 11.6 Å². The minimum absolute atomic E-state index is 0.141. The summed E-state index contributed by atoms with van der Waals surface area (Å²) < 4.78 is 41.8. The number of rotatable bonds is 4. The lowest BCUT2D eigenvalue weighted by Gasteiger charge is -2.27. The average molecular weight is 358 g/mol. The van der Waals surface area contributed by atoms with Crippen LogP contribution in [0.5, 0.6) is 0 Å². The number of hydrogen-bond donors (Lipinski definition) is 0. The molecule has 1 aliphatic rings. The van der Waals surface area contributed by atoms with Crippen LogP contribution in [-0.4, -0.2) is 0 Å². The van der Waals surface area contributed by atoms with Crippen molar-refractivity contribution in [2.45, 2.75) is 51.9 Å². The van der Waals surface area contributed by atoms with Gasteiger partial charge in [0.05, 0.1) is 0 Å². The number of aryl methyl sites for hydroxylation is 2. The molecule has 1 saturated carbocycles. The fraction of sp³-hybridized carbons (Fsp3) is 0.391. The summed E-state index contributed by atoms with van der Waals surface area (Å²) in [4.78, 5) is 0. The summed E-state index contributed by atoms with van der Waals surface area (Å²) in [5.74, 6) is -0.899. The summed E-state index contributed by atoms with van der Waals surface area (Å²) in [6.07, 6.45) is 8.12. The van der Waals surface area contributed by atoms with E-state index in [1.165, 1.54) is 0 Å². The maximum absolute atomic E-state index is 14.1. The van der Waals surface area contributed by atoms with Gasteiger partial charge in [-0.25, -0.2) is 13.2 Å². The largest absolute Gasteiger partial charge is 0.207 e. The van der Waals surface area contributed by atoms with Crippen molar-refractivity contribution in [3.63, 3.8) is 0 Å². The average Bonchev–Trinajstić information content (AvgIpc) is 2.66. The van der Waals surface area contributed by atoms with Crippen LogP contribution in [0.2, 0.25) is 0 Å². The molecule has 0 aromatic heterocycles. The first-order chi connectivity index (χ1) is 12.5. The molecule has 3 heteroatoms. The van der Waals surface area contributed by atoms with Crippen molar-refractivity contribution in [1.29, 1.82) is 0 Å². The van der Waals surface area contributed by atoms with Gasteiger partial charge in [-0.1, -0.05) is 43.3 Å². The normalized spacial score (nSPS) is 20.7. The van der Waals surface area contributed by atoms with Crippen molar-refractivity contribution in [1.82, 2.24) is 0 Å². The first kappa shape index (κ1) is 18.8. The number of allylic oxidation sites excluding steroid dienone is 1. The summed E-state index contributed by atoms with van der Waals surface area (Å²) in [5, 5.41) is 0. The molecule has 0 N–H and O–H groups in total. The predicted octanol–water partition coefficient (Wildman–Crippen LogP) is 6.96. The van der Waals surface area contributed by atoms with Gasteiger partial charge in [0.25, 0.3) is 0 Å². The molecule has 0 atom stereocenters. The second kappa shape index (κ2) is 8.11. The Morgan fingerprint density at radius 2 is 1.69 bits per heavy atom. The molecule has 0 bridgehead atoms. The van der Waals surface area contributed by atoms with Crippen LogP contribution in [0.1, 0.15) is 60.8 Å². The molecule has 26 heavy (non-hydrogen) atoms. The fourth-order valence-corrected chi connectivity index (χ4v) is 3.75. The van der Waals surface area contributed by atoms with Crippen molar-refractivity contribution in [2.75, 3.05) is 0 Å². The summed E-state index contributed by atoms with van der Waals surface area (Å²) in [6.45, 7) is 3.58. The van der Waals surface area contributed by atoms with Crippen LogP contribution in [0.3, 0.4) is 0 Å². The van der Waals surface area contributed by atoms with E-state index in [1.54, 1.807) is 31.2 Å². The summed E-state index contributed by atoms with van der Waals surface area (Å²) in [5.41, 5.74) is 2.46. The maximum Gasteiger partial charge on any atom is 0.166 e. The Hall–Kier alpha value is -2.03. The van der Waals surface area contributed by atoms with E-state index in [2.05, 4.69) is 0 Å². The SMILES string of the molecule is CCc1ccc(C=CC2CCC(c3ccc(C)c(F)c3)CC2)c(F)c1F. The molecule has 0 unspecified atom stereocenters. The highest BCUT2D eigenvalue weighted by atomic mass is 19.2.